The number of amides is 1. The zero-order valence-corrected chi connectivity index (χ0v) is 14.3. The van der Waals surface area contributed by atoms with E-state index in [9.17, 15) is 9.59 Å². The Morgan fingerprint density at radius 3 is 2.00 bits per heavy atom. The van der Waals surface area contributed by atoms with E-state index in [1.165, 1.54) is 0 Å². The van der Waals surface area contributed by atoms with Gasteiger partial charge < -0.3 is 10.1 Å². The van der Waals surface area contributed by atoms with Gasteiger partial charge in [-0.2, -0.15) is 0 Å². The minimum Gasteiger partial charge on any atom is -0.445 e. The Balaban J connectivity index is 1.96. The third-order valence-electron chi connectivity index (χ3n) is 3.35. The molecule has 24 heavy (non-hydrogen) atoms. The maximum atomic E-state index is 12.1. The molecular weight excluding hydrogens is 349 g/mol. The van der Waals surface area contributed by atoms with E-state index in [2.05, 4.69) is 5.32 Å². The number of carbonyl (C=O) groups is 2. The molecule has 0 fully saturated rings. The average Bonchev–Trinajstić information content (AvgIpc) is 2.60. The second kappa shape index (κ2) is 9.30. The summed E-state index contributed by atoms with van der Waals surface area (Å²) in [6.07, 6.45) is -0.405. The number of rotatable bonds is 7. The van der Waals surface area contributed by atoms with Crippen LogP contribution in [0.3, 0.4) is 0 Å². The van der Waals surface area contributed by atoms with Crippen molar-refractivity contribution >= 4 is 35.1 Å². The van der Waals surface area contributed by atoms with Gasteiger partial charge in [0.25, 0.3) is 0 Å². The van der Waals surface area contributed by atoms with Gasteiger partial charge in [0.15, 0.2) is 10.6 Å². The molecule has 0 radical (unpaired) electrons. The Morgan fingerprint density at radius 2 is 1.46 bits per heavy atom. The van der Waals surface area contributed by atoms with Crippen molar-refractivity contribution in [3.8, 4) is 0 Å². The third-order valence-corrected chi connectivity index (χ3v) is 3.78. The second-order valence-electron chi connectivity index (χ2n) is 5.15. The highest BCUT2D eigenvalue weighted by Gasteiger charge is 2.26. The van der Waals surface area contributed by atoms with Crippen molar-refractivity contribution in [2.45, 2.75) is 23.9 Å². The summed E-state index contributed by atoms with van der Waals surface area (Å²) in [5.74, 6) is -0.473. The van der Waals surface area contributed by atoms with Crippen LogP contribution in [0.2, 0.25) is 0 Å². The molecule has 0 saturated carbocycles. The van der Waals surface area contributed by atoms with Gasteiger partial charge in [0.1, 0.15) is 6.61 Å². The van der Waals surface area contributed by atoms with Gasteiger partial charge in [0.2, 0.25) is 0 Å². The van der Waals surface area contributed by atoms with Gasteiger partial charge in [-0.3, -0.25) is 4.79 Å². The fourth-order valence-corrected chi connectivity index (χ4v) is 2.44. The standard InChI is InChI=1S/C18H17Cl2NO3/c19-17(20)16(22)15(11-13-7-3-1-4-8-13)21-18(23)24-12-14-9-5-2-6-10-14/h1-10,15,17H,11-12H2,(H,21,23). The van der Waals surface area contributed by atoms with Crippen LogP contribution in [0.4, 0.5) is 4.79 Å². The van der Waals surface area contributed by atoms with E-state index in [-0.39, 0.29) is 13.0 Å². The van der Waals surface area contributed by atoms with E-state index < -0.39 is 22.8 Å². The highest BCUT2D eigenvalue weighted by molar-refractivity contribution is 6.54. The number of hydrogen-bond donors (Lipinski definition) is 1. The predicted molar refractivity (Wildman–Crippen MR) is 94.2 cm³/mol. The van der Waals surface area contributed by atoms with Crippen molar-refractivity contribution in [2.75, 3.05) is 0 Å². The minimum absolute atomic E-state index is 0.115. The van der Waals surface area contributed by atoms with Crippen molar-refractivity contribution in [3.05, 3.63) is 71.8 Å². The molecule has 0 aliphatic carbocycles. The number of alkyl halides is 2. The molecule has 1 N–H and O–H groups in total. The summed E-state index contributed by atoms with van der Waals surface area (Å²) in [4.78, 5) is 22.9. The summed E-state index contributed by atoms with van der Waals surface area (Å²) in [6.45, 7) is 0.115. The molecule has 6 heteroatoms. The molecule has 0 spiro atoms. The maximum absolute atomic E-state index is 12.1. The topological polar surface area (TPSA) is 55.4 Å². The van der Waals surface area contributed by atoms with Crippen LogP contribution in [0.1, 0.15) is 11.1 Å². The Morgan fingerprint density at radius 1 is 0.917 bits per heavy atom. The van der Waals surface area contributed by atoms with Crippen molar-refractivity contribution in [1.29, 1.82) is 0 Å². The van der Waals surface area contributed by atoms with Crippen LogP contribution in [0.5, 0.6) is 0 Å². The van der Waals surface area contributed by atoms with E-state index in [1.807, 2.05) is 60.7 Å². The Hall–Kier alpha value is -2.04. The molecule has 1 atom stereocenters. The van der Waals surface area contributed by atoms with E-state index >= 15 is 0 Å². The van der Waals surface area contributed by atoms with Crippen molar-refractivity contribution in [1.82, 2.24) is 5.32 Å². The van der Waals surface area contributed by atoms with E-state index in [0.717, 1.165) is 11.1 Å². The lowest BCUT2D eigenvalue weighted by atomic mass is 10.0. The highest BCUT2D eigenvalue weighted by atomic mass is 35.5. The molecule has 4 nitrogen and oxygen atoms in total. The molecule has 1 amide bonds. The Kier molecular flexibility index (Phi) is 7.09. The van der Waals surface area contributed by atoms with Gasteiger partial charge in [0.05, 0.1) is 6.04 Å². The molecule has 0 heterocycles. The van der Waals surface area contributed by atoms with Crippen LogP contribution in [0, 0.1) is 0 Å². The van der Waals surface area contributed by atoms with Gasteiger partial charge in [-0.05, 0) is 17.5 Å². The SMILES string of the molecule is O=C(NC(Cc1ccccc1)C(=O)C(Cl)Cl)OCc1ccccc1. The van der Waals surface area contributed by atoms with Crippen LogP contribution in [-0.2, 0) is 22.6 Å². The minimum atomic E-state index is -1.21. The fraction of sp³-hybridized carbons (Fsp3) is 0.222. The molecule has 0 aliphatic heterocycles. The molecule has 0 saturated heterocycles. The molecule has 126 valence electrons. The first-order chi connectivity index (χ1) is 11.6. The normalized spacial score (nSPS) is 11.8. The Bertz CT molecular complexity index is 662. The molecule has 2 aromatic carbocycles. The zero-order valence-electron chi connectivity index (χ0n) is 12.8. The smallest absolute Gasteiger partial charge is 0.408 e. The summed E-state index contributed by atoms with van der Waals surface area (Å²) in [5.41, 5.74) is 1.74. The van der Waals surface area contributed by atoms with Crippen LogP contribution in [0.25, 0.3) is 0 Å². The summed E-state index contributed by atoms with van der Waals surface area (Å²) >= 11 is 11.3. The summed E-state index contributed by atoms with van der Waals surface area (Å²) in [7, 11) is 0. The van der Waals surface area contributed by atoms with Gasteiger partial charge >= 0.3 is 6.09 Å². The third kappa shape index (κ3) is 5.87. The number of nitrogens with one attached hydrogen (secondary N) is 1. The summed E-state index contributed by atoms with van der Waals surface area (Å²) in [6, 6.07) is 17.7. The zero-order chi connectivity index (χ0) is 17.4. The van der Waals surface area contributed by atoms with Gasteiger partial charge in [-0.15, -0.1) is 0 Å². The van der Waals surface area contributed by atoms with E-state index in [1.54, 1.807) is 0 Å². The monoisotopic (exact) mass is 365 g/mol. The quantitative estimate of drug-likeness (QED) is 0.757. The lowest BCUT2D eigenvalue weighted by molar-refractivity contribution is -0.119. The van der Waals surface area contributed by atoms with Gasteiger partial charge in [0, 0.05) is 0 Å². The van der Waals surface area contributed by atoms with Crippen molar-refractivity contribution in [3.63, 3.8) is 0 Å². The van der Waals surface area contributed by atoms with Crippen molar-refractivity contribution in [2.24, 2.45) is 0 Å². The lowest BCUT2D eigenvalue weighted by Crippen LogP contribution is -2.44. The molecule has 2 aromatic rings. The molecular formula is C18H17Cl2NO3. The predicted octanol–water partition coefficient (Wildman–Crippen LogP) is 3.90. The first-order valence-corrected chi connectivity index (χ1v) is 8.26. The van der Waals surface area contributed by atoms with Crippen LogP contribution >= 0.6 is 23.2 Å². The average molecular weight is 366 g/mol. The Labute approximate surface area is 150 Å². The van der Waals surface area contributed by atoms with E-state index in [4.69, 9.17) is 27.9 Å². The number of ketones is 1. The van der Waals surface area contributed by atoms with Crippen LogP contribution in [0.15, 0.2) is 60.7 Å². The van der Waals surface area contributed by atoms with Crippen LogP contribution in [-0.4, -0.2) is 22.8 Å². The molecule has 2 rings (SSSR count). The highest BCUT2D eigenvalue weighted by Crippen LogP contribution is 2.11. The summed E-state index contributed by atoms with van der Waals surface area (Å²) in [5, 5.41) is 2.54. The fourth-order valence-electron chi connectivity index (χ4n) is 2.13. The largest absolute Gasteiger partial charge is 0.445 e. The summed E-state index contributed by atoms with van der Waals surface area (Å²) < 4.78 is 5.14. The number of halogens is 2. The second-order valence-corrected chi connectivity index (χ2v) is 6.25. The molecule has 0 bridgehead atoms. The number of ether oxygens (including phenoxy) is 1. The molecule has 0 aliphatic rings. The number of hydrogen-bond acceptors (Lipinski definition) is 3. The van der Waals surface area contributed by atoms with Crippen LogP contribution < -0.4 is 5.32 Å². The number of Topliss-reactive ketones (excluding diaryl/α,β-unsaturated/α-hetero) is 1. The maximum Gasteiger partial charge on any atom is 0.408 e. The lowest BCUT2D eigenvalue weighted by Gasteiger charge is -2.18. The number of carbonyl (C=O) groups excluding carboxylic acids is 2. The molecule has 1 unspecified atom stereocenters. The number of alkyl carbamates (subject to hydrolysis) is 1. The first-order valence-electron chi connectivity index (χ1n) is 7.39. The first kappa shape index (κ1) is 18.3. The van der Waals surface area contributed by atoms with Gasteiger partial charge in [-0.1, -0.05) is 83.9 Å². The van der Waals surface area contributed by atoms with Crippen molar-refractivity contribution < 1.29 is 14.3 Å². The number of benzene rings is 2. The van der Waals surface area contributed by atoms with Gasteiger partial charge in [-0.25, -0.2) is 4.79 Å². The van der Waals surface area contributed by atoms with E-state index in [0.29, 0.717) is 0 Å². The molecule has 0 aromatic heterocycles.